The highest BCUT2D eigenvalue weighted by Crippen LogP contribution is 2.44. The predicted molar refractivity (Wildman–Crippen MR) is 76.0 cm³/mol. The van der Waals surface area contributed by atoms with Crippen molar-refractivity contribution in [2.75, 3.05) is 5.32 Å². The zero-order chi connectivity index (χ0) is 17.9. The SMILES string of the molecule is Cc1ccc(-n2c3c(c(=O)[nH]c2=O)[C@@](O)(C(F)(F)F)C(=O)N3)cc1. The summed E-state index contributed by atoms with van der Waals surface area (Å²) in [5, 5.41) is 11.7. The molecule has 1 aliphatic rings. The number of nitrogens with zero attached hydrogens (tertiary/aromatic N) is 1. The molecular weight excluding hydrogens is 331 g/mol. The maximum Gasteiger partial charge on any atom is 0.431 e. The standard InChI is InChI=1S/C14H10F3N3O4/c1-6-2-4-7(5-3-6)20-9-8(10(21)19-12(20)23)13(24,11(22)18-9)14(15,16)17/h2-5,24H,1H3,(H,18,22)(H,19,21,23)/t13-/m0/s1. The molecule has 1 amide bonds. The molecule has 1 aromatic heterocycles. The van der Waals surface area contributed by atoms with Crippen LogP contribution in [0.5, 0.6) is 0 Å². The zero-order valence-electron chi connectivity index (χ0n) is 12.1. The van der Waals surface area contributed by atoms with Gasteiger partial charge in [-0.1, -0.05) is 17.7 Å². The number of anilines is 1. The van der Waals surface area contributed by atoms with Gasteiger partial charge < -0.3 is 10.4 Å². The number of aromatic amines is 1. The van der Waals surface area contributed by atoms with Crippen LogP contribution in [0.4, 0.5) is 19.0 Å². The summed E-state index contributed by atoms with van der Waals surface area (Å²) >= 11 is 0. The van der Waals surface area contributed by atoms with Crippen molar-refractivity contribution in [1.82, 2.24) is 9.55 Å². The molecule has 1 atom stereocenters. The number of carbonyl (C=O) groups excluding carboxylic acids is 1. The molecule has 7 nitrogen and oxygen atoms in total. The molecule has 126 valence electrons. The number of carbonyl (C=O) groups is 1. The van der Waals surface area contributed by atoms with Crippen molar-refractivity contribution in [2.45, 2.75) is 18.7 Å². The van der Waals surface area contributed by atoms with Crippen molar-refractivity contribution < 1.29 is 23.1 Å². The minimum atomic E-state index is -5.44. The van der Waals surface area contributed by atoms with E-state index in [1.165, 1.54) is 12.1 Å². The quantitative estimate of drug-likeness (QED) is 0.704. The summed E-state index contributed by atoms with van der Waals surface area (Å²) < 4.78 is 40.3. The fourth-order valence-electron chi connectivity index (χ4n) is 2.51. The summed E-state index contributed by atoms with van der Waals surface area (Å²) in [5.74, 6) is -2.56. The van der Waals surface area contributed by atoms with Crippen molar-refractivity contribution >= 4 is 11.7 Å². The molecule has 0 bridgehead atoms. The lowest BCUT2D eigenvalue weighted by Crippen LogP contribution is -2.50. The number of hydrogen-bond acceptors (Lipinski definition) is 4. The number of benzene rings is 1. The van der Waals surface area contributed by atoms with Crippen molar-refractivity contribution in [3.8, 4) is 5.69 Å². The smallest absolute Gasteiger partial charge is 0.368 e. The molecule has 2 aromatic rings. The Labute approximate surface area is 131 Å². The van der Waals surface area contributed by atoms with E-state index in [0.29, 0.717) is 4.57 Å². The number of aliphatic hydroxyl groups is 1. The van der Waals surface area contributed by atoms with Gasteiger partial charge in [0, 0.05) is 0 Å². The lowest BCUT2D eigenvalue weighted by Gasteiger charge is -2.22. The molecule has 3 N–H and O–H groups in total. The van der Waals surface area contributed by atoms with Crippen LogP contribution in [-0.2, 0) is 10.4 Å². The third-order valence-electron chi connectivity index (χ3n) is 3.74. The van der Waals surface area contributed by atoms with Gasteiger partial charge in [0.05, 0.1) is 5.69 Å². The fourth-order valence-corrected chi connectivity index (χ4v) is 2.51. The van der Waals surface area contributed by atoms with Crippen molar-refractivity contribution in [3.63, 3.8) is 0 Å². The topological polar surface area (TPSA) is 104 Å². The maximum atomic E-state index is 13.2. The van der Waals surface area contributed by atoms with Gasteiger partial charge in [-0.25, -0.2) is 9.36 Å². The average Bonchev–Trinajstić information content (AvgIpc) is 2.74. The Kier molecular flexibility index (Phi) is 3.20. The minimum Gasteiger partial charge on any atom is -0.368 e. The number of amides is 1. The number of H-pyrrole nitrogens is 1. The highest BCUT2D eigenvalue weighted by Gasteiger charge is 2.66. The van der Waals surface area contributed by atoms with Crippen LogP contribution in [0.25, 0.3) is 5.69 Å². The van der Waals surface area contributed by atoms with E-state index in [1.54, 1.807) is 29.4 Å². The fraction of sp³-hybridized carbons (Fsp3) is 0.214. The molecule has 3 rings (SSSR count). The van der Waals surface area contributed by atoms with E-state index < -0.39 is 40.3 Å². The Morgan fingerprint density at radius 2 is 1.71 bits per heavy atom. The Bertz CT molecular complexity index is 959. The molecule has 1 aromatic carbocycles. The van der Waals surface area contributed by atoms with Crippen LogP contribution in [-0.4, -0.2) is 26.7 Å². The molecule has 0 radical (unpaired) electrons. The molecule has 0 saturated carbocycles. The summed E-state index contributed by atoms with van der Waals surface area (Å²) in [5.41, 5.74) is -6.89. The number of halogens is 3. The lowest BCUT2D eigenvalue weighted by atomic mass is 9.97. The van der Waals surface area contributed by atoms with Crippen LogP contribution >= 0.6 is 0 Å². The van der Waals surface area contributed by atoms with E-state index in [4.69, 9.17) is 0 Å². The first-order valence-corrected chi connectivity index (χ1v) is 6.65. The minimum absolute atomic E-state index is 0.116. The van der Waals surface area contributed by atoms with E-state index in [1.807, 2.05) is 0 Å². The van der Waals surface area contributed by atoms with Gasteiger partial charge >= 0.3 is 11.9 Å². The van der Waals surface area contributed by atoms with E-state index in [-0.39, 0.29) is 5.69 Å². The number of aromatic nitrogens is 2. The average molecular weight is 341 g/mol. The molecule has 10 heteroatoms. The second-order valence-corrected chi connectivity index (χ2v) is 5.32. The first-order valence-electron chi connectivity index (χ1n) is 6.65. The molecule has 0 fully saturated rings. The van der Waals surface area contributed by atoms with Crippen molar-refractivity contribution in [2.24, 2.45) is 0 Å². The van der Waals surface area contributed by atoms with Crippen molar-refractivity contribution in [3.05, 3.63) is 56.2 Å². The van der Waals surface area contributed by atoms with Gasteiger partial charge in [0.1, 0.15) is 11.4 Å². The summed E-state index contributed by atoms with van der Waals surface area (Å²) in [4.78, 5) is 37.4. The zero-order valence-corrected chi connectivity index (χ0v) is 12.1. The third-order valence-corrected chi connectivity index (χ3v) is 3.74. The van der Waals surface area contributed by atoms with Gasteiger partial charge in [-0.2, -0.15) is 13.2 Å². The van der Waals surface area contributed by atoms with Crippen LogP contribution in [0, 0.1) is 6.92 Å². The van der Waals surface area contributed by atoms with Crippen LogP contribution in [0.15, 0.2) is 33.9 Å². The van der Waals surface area contributed by atoms with Crippen LogP contribution in [0.1, 0.15) is 11.1 Å². The first-order chi connectivity index (χ1) is 11.1. The molecule has 24 heavy (non-hydrogen) atoms. The third kappa shape index (κ3) is 1.99. The van der Waals surface area contributed by atoms with Crippen LogP contribution in [0.3, 0.4) is 0 Å². The summed E-state index contributed by atoms with van der Waals surface area (Å²) in [6.07, 6.45) is -5.44. The largest absolute Gasteiger partial charge is 0.431 e. The summed E-state index contributed by atoms with van der Waals surface area (Å²) in [6, 6.07) is 6.02. The highest BCUT2D eigenvalue weighted by atomic mass is 19.4. The Balaban J connectivity index is 2.39. The number of aryl methyl sites for hydroxylation is 1. The number of rotatable bonds is 1. The Morgan fingerprint density at radius 1 is 1.12 bits per heavy atom. The predicted octanol–water partition coefficient (Wildman–Crippen LogP) is 0.536. The number of fused-ring (bicyclic) bond motifs is 1. The lowest BCUT2D eigenvalue weighted by molar-refractivity contribution is -0.252. The molecule has 1 aliphatic heterocycles. The number of nitrogens with one attached hydrogen (secondary N) is 2. The van der Waals surface area contributed by atoms with Gasteiger partial charge in [0.25, 0.3) is 17.1 Å². The normalized spacial score (nSPS) is 20.0. The first kappa shape index (κ1) is 16.0. The number of hydrogen-bond donors (Lipinski definition) is 3. The maximum absolute atomic E-state index is 13.2. The van der Waals surface area contributed by atoms with E-state index in [9.17, 15) is 32.7 Å². The van der Waals surface area contributed by atoms with Crippen molar-refractivity contribution in [1.29, 1.82) is 0 Å². The molecule has 0 aliphatic carbocycles. The summed E-state index contributed by atoms with van der Waals surface area (Å²) in [7, 11) is 0. The van der Waals surface area contributed by atoms with Gasteiger partial charge in [0.15, 0.2) is 0 Å². The molecule has 0 spiro atoms. The van der Waals surface area contributed by atoms with E-state index in [0.717, 1.165) is 5.56 Å². The second kappa shape index (κ2) is 4.81. The summed E-state index contributed by atoms with van der Waals surface area (Å²) in [6.45, 7) is 1.76. The van der Waals surface area contributed by atoms with Gasteiger partial charge in [-0.05, 0) is 19.1 Å². The second-order valence-electron chi connectivity index (χ2n) is 5.32. The molecule has 2 heterocycles. The molecule has 0 saturated heterocycles. The van der Waals surface area contributed by atoms with E-state index >= 15 is 0 Å². The van der Waals surface area contributed by atoms with Crippen LogP contribution < -0.4 is 16.6 Å². The monoisotopic (exact) mass is 341 g/mol. The number of alkyl halides is 3. The Morgan fingerprint density at radius 3 is 2.25 bits per heavy atom. The van der Waals surface area contributed by atoms with Gasteiger partial charge in [-0.15, -0.1) is 0 Å². The molecule has 0 unspecified atom stereocenters. The highest BCUT2D eigenvalue weighted by molar-refractivity contribution is 6.04. The Hall–Kier alpha value is -2.88. The van der Waals surface area contributed by atoms with Crippen LogP contribution in [0.2, 0.25) is 0 Å². The van der Waals surface area contributed by atoms with Gasteiger partial charge in [0.2, 0.25) is 0 Å². The molecular formula is C14H10F3N3O4. The van der Waals surface area contributed by atoms with Gasteiger partial charge in [-0.3, -0.25) is 14.6 Å². The van der Waals surface area contributed by atoms with E-state index in [2.05, 4.69) is 0 Å².